The Morgan fingerprint density at radius 2 is 2.33 bits per heavy atom. The summed E-state index contributed by atoms with van der Waals surface area (Å²) in [5, 5.41) is 9.55. The Morgan fingerprint density at radius 1 is 1.60 bits per heavy atom. The number of nitrogens with zero attached hydrogens (tertiary/aromatic N) is 1. The quantitative estimate of drug-likeness (QED) is 0.819. The molecule has 5 heteroatoms. The Balaban J connectivity index is 2.70. The molecule has 2 rings (SSSR count). The Hall–Kier alpha value is -1.10. The number of hydrogen-bond acceptors (Lipinski definition) is 4. The molecule has 80 valence electrons. The van der Waals surface area contributed by atoms with Gasteiger partial charge in [0.15, 0.2) is 11.5 Å². The van der Waals surface area contributed by atoms with E-state index in [2.05, 4.69) is 4.98 Å². The van der Waals surface area contributed by atoms with E-state index in [1.807, 2.05) is 0 Å². The Labute approximate surface area is 91.7 Å². The summed E-state index contributed by atoms with van der Waals surface area (Å²) in [6.45, 7) is 1.59. The van der Waals surface area contributed by atoms with Gasteiger partial charge in [-0.2, -0.15) is 0 Å². The molecule has 1 unspecified atom stereocenters. The molecular weight excluding hydrogens is 216 g/mol. The summed E-state index contributed by atoms with van der Waals surface area (Å²) in [5.41, 5.74) is 7.68. The highest BCUT2D eigenvalue weighted by molar-refractivity contribution is 6.31. The van der Waals surface area contributed by atoms with Crippen LogP contribution in [0.25, 0.3) is 11.1 Å². The summed E-state index contributed by atoms with van der Waals surface area (Å²) in [6, 6.07) is 2.90. The van der Waals surface area contributed by atoms with Gasteiger partial charge in [-0.25, -0.2) is 4.98 Å². The molecule has 0 bridgehead atoms. The predicted octanol–water partition coefficient (Wildman–Crippen LogP) is 1.78. The molecule has 0 radical (unpaired) electrons. The molecule has 1 heterocycles. The number of hydrogen-bond donors (Lipinski definition) is 2. The molecule has 1 aromatic carbocycles. The molecule has 3 N–H and O–H groups in total. The third-order valence-corrected chi connectivity index (χ3v) is 2.40. The lowest BCUT2D eigenvalue weighted by atomic mass is 10.1. The van der Waals surface area contributed by atoms with E-state index in [4.69, 9.17) is 26.9 Å². The molecule has 0 aliphatic carbocycles. The van der Waals surface area contributed by atoms with Gasteiger partial charge in [0.2, 0.25) is 0 Å². The average molecular weight is 227 g/mol. The van der Waals surface area contributed by atoms with Crippen LogP contribution in [-0.4, -0.2) is 16.7 Å². The van der Waals surface area contributed by atoms with Crippen molar-refractivity contribution in [3.63, 3.8) is 0 Å². The van der Waals surface area contributed by atoms with Crippen LogP contribution in [0.1, 0.15) is 17.5 Å². The van der Waals surface area contributed by atoms with Gasteiger partial charge < -0.3 is 15.3 Å². The number of rotatable bonds is 2. The van der Waals surface area contributed by atoms with Crippen LogP contribution in [0.4, 0.5) is 0 Å². The van der Waals surface area contributed by atoms with Crippen LogP contribution < -0.4 is 5.73 Å². The van der Waals surface area contributed by atoms with Gasteiger partial charge in [-0.05, 0) is 12.1 Å². The molecule has 0 spiro atoms. The fraction of sp³-hybridized carbons (Fsp3) is 0.300. The van der Waals surface area contributed by atoms with E-state index in [1.165, 1.54) is 0 Å². The molecule has 0 aliphatic heterocycles. The molecule has 0 aliphatic rings. The third-order valence-electron chi connectivity index (χ3n) is 2.19. The van der Waals surface area contributed by atoms with Crippen LogP contribution in [0.3, 0.4) is 0 Å². The maximum absolute atomic E-state index is 9.02. The van der Waals surface area contributed by atoms with Crippen LogP contribution in [-0.2, 0) is 0 Å². The monoisotopic (exact) mass is 226 g/mol. The molecule has 0 amide bonds. The maximum atomic E-state index is 9.02. The first-order chi connectivity index (χ1) is 7.11. The summed E-state index contributed by atoms with van der Waals surface area (Å²) < 4.78 is 5.42. The van der Waals surface area contributed by atoms with Crippen molar-refractivity contribution < 1.29 is 9.52 Å². The second-order valence-electron chi connectivity index (χ2n) is 3.37. The number of aromatic nitrogens is 1. The number of aliphatic hydroxyl groups is 1. The van der Waals surface area contributed by atoms with Gasteiger partial charge in [0.25, 0.3) is 0 Å². The minimum absolute atomic E-state index is 0.158. The summed E-state index contributed by atoms with van der Waals surface area (Å²) >= 11 is 5.92. The smallest absolute Gasteiger partial charge is 0.192 e. The number of aryl methyl sites for hydroxylation is 1. The zero-order chi connectivity index (χ0) is 11.0. The van der Waals surface area contributed by atoms with Crippen LogP contribution in [0, 0.1) is 6.92 Å². The van der Waals surface area contributed by atoms with Crippen LogP contribution in [0.15, 0.2) is 16.5 Å². The number of benzene rings is 1. The molecule has 2 aromatic rings. The summed E-state index contributed by atoms with van der Waals surface area (Å²) in [4.78, 5) is 4.16. The zero-order valence-electron chi connectivity index (χ0n) is 8.20. The van der Waals surface area contributed by atoms with Gasteiger partial charge in [-0.15, -0.1) is 0 Å². The van der Waals surface area contributed by atoms with Crippen molar-refractivity contribution in [1.29, 1.82) is 0 Å². The van der Waals surface area contributed by atoms with Gasteiger partial charge in [0.05, 0.1) is 12.6 Å². The lowest BCUT2D eigenvalue weighted by molar-refractivity contribution is 0.268. The van der Waals surface area contributed by atoms with Crippen molar-refractivity contribution in [2.75, 3.05) is 6.61 Å². The van der Waals surface area contributed by atoms with Crippen LogP contribution in [0.5, 0.6) is 0 Å². The summed E-state index contributed by atoms with van der Waals surface area (Å²) in [7, 11) is 0. The number of halogens is 1. The Morgan fingerprint density at radius 3 is 3.00 bits per heavy atom. The van der Waals surface area contributed by atoms with E-state index in [0.29, 0.717) is 27.6 Å². The fourth-order valence-corrected chi connectivity index (χ4v) is 1.73. The highest BCUT2D eigenvalue weighted by Crippen LogP contribution is 2.27. The predicted molar refractivity (Wildman–Crippen MR) is 57.8 cm³/mol. The molecule has 1 atom stereocenters. The largest absolute Gasteiger partial charge is 0.441 e. The summed E-state index contributed by atoms with van der Waals surface area (Å²) in [6.07, 6.45) is 0. The number of nitrogens with two attached hydrogens (primary N) is 1. The van der Waals surface area contributed by atoms with E-state index in [0.717, 1.165) is 0 Å². The van der Waals surface area contributed by atoms with Crippen LogP contribution in [0.2, 0.25) is 5.02 Å². The molecule has 1 aromatic heterocycles. The summed E-state index contributed by atoms with van der Waals surface area (Å²) in [5.74, 6) is 0.554. The van der Waals surface area contributed by atoms with Crippen molar-refractivity contribution in [2.45, 2.75) is 13.0 Å². The minimum Gasteiger partial charge on any atom is -0.441 e. The van der Waals surface area contributed by atoms with E-state index >= 15 is 0 Å². The van der Waals surface area contributed by atoms with E-state index in [9.17, 15) is 0 Å². The Kier molecular flexibility index (Phi) is 2.65. The molecule has 0 saturated carbocycles. The van der Waals surface area contributed by atoms with Crippen molar-refractivity contribution in [1.82, 2.24) is 4.98 Å². The van der Waals surface area contributed by atoms with Crippen molar-refractivity contribution in [2.24, 2.45) is 5.73 Å². The average Bonchev–Trinajstić information content (AvgIpc) is 2.55. The second kappa shape index (κ2) is 3.81. The zero-order valence-corrected chi connectivity index (χ0v) is 8.95. The molecule has 15 heavy (non-hydrogen) atoms. The number of fused-ring (bicyclic) bond motifs is 1. The SMILES string of the molecule is Cc1nc2cc(Cl)cc(C(N)CO)c2o1. The first kappa shape index (κ1) is 10.4. The first-order valence-corrected chi connectivity index (χ1v) is 4.92. The number of oxazole rings is 1. The van der Waals surface area contributed by atoms with Crippen molar-refractivity contribution in [3.8, 4) is 0 Å². The third kappa shape index (κ3) is 1.84. The lowest BCUT2D eigenvalue weighted by Crippen LogP contribution is -2.14. The first-order valence-electron chi connectivity index (χ1n) is 4.55. The van der Waals surface area contributed by atoms with Gasteiger partial charge in [-0.3, -0.25) is 0 Å². The van der Waals surface area contributed by atoms with Gasteiger partial charge in [0, 0.05) is 17.5 Å². The van der Waals surface area contributed by atoms with Gasteiger partial charge >= 0.3 is 0 Å². The van der Waals surface area contributed by atoms with Gasteiger partial charge in [0.1, 0.15) is 5.52 Å². The number of aliphatic hydroxyl groups excluding tert-OH is 1. The van der Waals surface area contributed by atoms with E-state index in [-0.39, 0.29) is 6.61 Å². The minimum atomic E-state index is -0.501. The van der Waals surface area contributed by atoms with Gasteiger partial charge in [-0.1, -0.05) is 11.6 Å². The fourth-order valence-electron chi connectivity index (χ4n) is 1.51. The molecule has 4 nitrogen and oxygen atoms in total. The molecular formula is C10H11ClN2O2. The van der Waals surface area contributed by atoms with Crippen molar-refractivity contribution >= 4 is 22.7 Å². The maximum Gasteiger partial charge on any atom is 0.192 e. The van der Waals surface area contributed by atoms with E-state index < -0.39 is 6.04 Å². The highest BCUT2D eigenvalue weighted by atomic mass is 35.5. The second-order valence-corrected chi connectivity index (χ2v) is 3.80. The lowest BCUT2D eigenvalue weighted by Gasteiger charge is -2.08. The highest BCUT2D eigenvalue weighted by Gasteiger charge is 2.14. The van der Waals surface area contributed by atoms with Crippen LogP contribution >= 0.6 is 11.6 Å². The normalized spacial score (nSPS) is 13.3. The standard InChI is InChI=1S/C10H11ClN2O2/c1-5-13-9-3-6(11)2-7(8(12)4-14)10(9)15-5/h2-3,8,14H,4,12H2,1H3. The van der Waals surface area contributed by atoms with Crippen molar-refractivity contribution in [3.05, 3.63) is 28.6 Å². The molecule has 0 saturated heterocycles. The topological polar surface area (TPSA) is 72.3 Å². The Bertz CT molecular complexity index is 495. The molecule has 0 fully saturated rings. The van der Waals surface area contributed by atoms with E-state index in [1.54, 1.807) is 19.1 Å².